The van der Waals surface area contributed by atoms with Crippen molar-refractivity contribution in [2.24, 2.45) is 11.6 Å². The lowest BCUT2D eigenvalue weighted by Gasteiger charge is -2.31. The second-order valence-corrected chi connectivity index (χ2v) is 10.2. The van der Waals surface area contributed by atoms with E-state index in [2.05, 4.69) is 25.9 Å². The Hall–Kier alpha value is -3.63. The summed E-state index contributed by atoms with van der Waals surface area (Å²) in [6, 6.07) is 17.8. The second-order valence-electron chi connectivity index (χ2n) is 9.38. The summed E-state index contributed by atoms with van der Waals surface area (Å²) < 4.78 is 13.7. The van der Waals surface area contributed by atoms with Gasteiger partial charge in [-0.05, 0) is 61.8 Å². The van der Waals surface area contributed by atoms with Gasteiger partial charge in [0.1, 0.15) is 18.0 Å². The highest BCUT2D eigenvalue weighted by atomic mass is 35.5. The number of nitrogens with one attached hydrogen (secondary N) is 3. The normalized spacial score (nSPS) is 15.2. The SMILES string of the molecule is N/C(=C\N(N)C1CCNCC1)C(Nc1cc(Cl)c2ncnc(Nc3ccc(F)c(Cl)c3)c2c1)c1ccccc1. The lowest BCUT2D eigenvalue weighted by atomic mass is 10.0. The van der Waals surface area contributed by atoms with Gasteiger partial charge in [0.15, 0.2) is 0 Å². The lowest BCUT2D eigenvalue weighted by molar-refractivity contribution is 0.228. The first-order chi connectivity index (χ1) is 18.9. The summed E-state index contributed by atoms with van der Waals surface area (Å²) >= 11 is 12.6. The first kappa shape index (κ1) is 27.0. The molecule has 1 aliphatic rings. The van der Waals surface area contributed by atoms with Crippen molar-refractivity contribution in [3.8, 4) is 0 Å². The van der Waals surface area contributed by atoms with E-state index in [1.54, 1.807) is 23.3 Å². The molecule has 7 N–H and O–H groups in total. The van der Waals surface area contributed by atoms with Crippen LogP contribution in [0.25, 0.3) is 10.9 Å². The van der Waals surface area contributed by atoms with Crippen molar-refractivity contribution in [3.05, 3.63) is 100 Å². The van der Waals surface area contributed by atoms with Crippen LogP contribution in [0.4, 0.5) is 21.6 Å². The van der Waals surface area contributed by atoms with Gasteiger partial charge in [-0.15, -0.1) is 0 Å². The summed E-state index contributed by atoms with van der Waals surface area (Å²) in [6.07, 6.45) is 5.11. The average molecular weight is 568 g/mol. The molecule has 3 aromatic carbocycles. The number of benzene rings is 3. The Kier molecular flexibility index (Phi) is 8.33. The molecule has 0 aliphatic carbocycles. The molecule has 1 fully saturated rings. The maximum Gasteiger partial charge on any atom is 0.141 e. The molecule has 1 saturated heterocycles. The number of fused-ring (bicyclic) bond motifs is 1. The molecule has 0 saturated carbocycles. The van der Waals surface area contributed by atoms with Crippen LogP contribution in [0.2, 0.25) is 10.0 Å². The van der Waals surface area contributed by atoms with Crippen molar-refractivity contribution >= 4 is 51.3 Å². The van der Waals surface area contributed by atoms with E-state index in [-0.39, 0.29) is 17.1 Å². The molecule has 202 valence electrons. The van der Waals surface area contributed by atoms with Crippen LogP contribution in [-0.2, 0) is 0 Å². The first-order valence-electron chi connectivity index (χ1n) is 12.6. The fraction of sp³-hybridized carbons (Fsp3) is 0.214. The van der Waals surface area contributed by atoms with Gasteiger partial charge in [-0.1, -0.05) is 53.5 Å². The molecule has 1 unspecified atom stereocenters. The monoisotopic (exact) mass is 566 g/mol. The van der Waals surface area contributed by atoms with Crippen LogP contribution in [0.1, 0.15) is 24.4 Å². The van der Waals surface area contributed by atoms with Crippen LogP contribution in [0.3, 0.4) is 0 Å². The van der Waals surface area contributed by atoms with E-state index in [9.17, 15) is 4.39 Å². The van der Waals surface area contributed by atoms with E-state index >= 15 is 0 Å². The zero-order valence-corrected chi connectivity index (χ0v) is 22.6. The van der Waals surface area contributed by atoms with Crippen molar-refractivity contribution in [2.45, 2.75) is 24.9 Å². The van der Waals surface area contributed by atoms with Crippen molar-refractivity contribution in [1.29, 1.82) is 0 Å². The molecular formula is C28H29Cl2FN8. The molecular weight excluding hydrogens is 538 g/mol. The number of hydrogen-bond acceptors (Lipinski definition) is 8. The smallest absolute Gasteiger partial charge is 0.141 e. The average Bonchev–Trinajstić information content (AvgIpc) is 2.95. The topological polar surface area (TPSA) is 117 Å². The summed E-state index contributed by atoms with van der Waals surface area (Å²) in [5, 5.41) is 12.9. The number of rotatable bonds is 8. The fourth-order valence-electron chi connectivity index (χ4n) is 4.65. The summed E-state index contributed by atoms with van der Waals surface area (Å²) in [7, 11) is 0. The van der Waals surface area contributed by atoms with Gasteiger partial charge in [0.25, 0.3) is 0 Å². The maximum absolute atomic E-state index is 13.7. The van der Waals surface area contributed by atoms with Gasteiger partial charge in [0, 0.05) is 29.0 Å². The van der Waals surface area contributed by atoms with Gasteiger partial charge in [-0.3, -0.25) is 0 Å². The van der Waals surface area contributed by atoms with Crippen molar-refractivity contribution in [1.82, 2.24) is 20.3 Å². The van der Waals surface area contributed by atoms with Crippen LogP contribution in [0.5, 0.6) is 0 Å². The Bertz CT molecular complexity index is 1480. The van der Waals surface area contributed by atoms with E-state index in [4.69, 9.17) is 34.8 Å². The number of nitrogens with two attached hydrogens (primary N) is 2. The van der Waals surface area contributed by atoms with Gasteiger partial charge >= 0.3 is 0 Å². The number of aromatic nitrogens is 2. The lowest BCUT2D eigenvalue weighted by Crippen LogP contribution is -2.44. The number of piperidine rings is 1. The number of hydrazine groups is 1. The Morgan fingerprint density at radius 1 is 1.03 bits per heavy atom. The van der Waals surface area contributed by atoms with Crippen LogP contribution >= 0.6 is 23.2 Å². The highest BCUT2D eigenvalue weighted by Gasteiger charge is 2.21. The minimum atomic E-state index is -0.502. The van der Waals surface area contributed by atoms with E-state index in [0.717, 1.165) is 31.5 Å². The van der Waals surface area contributed by atoms with Crippen molar-refractivity contribution in [2.75, 3.05) is 23.7 Å². The third-order valence-electron chi connectivity index (χ3n) is 6.68. The summed E-state index contributed by atoms with van der Waals surface area (Å²) in [5.41, 5.74) is 10.0. The van der Waals surface area contributed by atoms with E-state index < -0.39 is 5.82 Å². The highest BCUT2D eigenvalue weighted by Crippen LogP contribution is 2.34. The minimum absolute atomic E-state index is 0.00477. The van der Waals surface area contributed by atoms with Crippen molar-refractivity contribution in [3.63, 3.8) is 0 Å². The van der Waals surface area contributed by atoms with Gasteiger partial charge in [-0.2, -0.15) is 0 Å². The molecule has 5 rings (SSSR count). The van der Waals surface area contributed by atoms with Crippen LogP contribution in [-0.4, -0.2) is 34.1 Å². The van der Waals surface area contributed by atoms with E-state index in [0.29, 0.717) is 38.8 Å². The third kappa shape index (κ3) is 6.34. The zero-order valence-electron chi connectivity index (χ0n) is 21.0. The fourth-order valence-corrected chi connectivity index (χ4v) is 5.10. The van der Waals surface area contributed by atoms with Crippen LogP contribution in [0, 0.1) is 5.82 Å². The molecule has 1 aliphatic heterocycles. The third-order valence-corrected chi connectivity index (χ3v) is 7.26. The van der Waals surface area contributed by atoms with Crippen LogP contribution in [0.15, 0.2) is 78.9 Å². The standard InChI is InChI=1S/C28H29Cl2FN8/c29-22-13-18(6-7-24(22)31)38-28-21-12-19(14-23(30)27(21)35-16-36-28)37-26(17-4-2-1-3-5-17)25(32)15-39(33)20-8-10-34-11-9-20/h1-7,12-16,20,26,34,37H,8-11,32-33H2,(H,35,36,38)/b25-15-. The zero-order chi connectivity index (χ0) is 27.4. The highest BCUT2D eigenvalue weighted by molar-refractivity contribution is 6.35. The molecule has 11 heteroatoms. The molecule has 0 amide bonds. The molecule has 2 heterocycles. The van der Waals surface area contributed by atoms with Gasteiger partial charge in [-0.25, -0.2) is 20.2 Å². The first-order valence-corrected chi connectivity index (χ1v) is 13.3. The number of hydrogen-bond donors (Lipinski definition) is 5. The Balaban J connectivity index is 1.49. The molecule has 1 atom stereocenters. The predicted molar refractivity (Wildman–Crippen MR) is 156 cm³/mol. The van der Waals surface area contributed by atoms with Gasteiger partial charge < -0.3 is 26.7 Å². The molecule has 0 spiro atoms. The molecule has 4 aromatic rings. The molecule has 1 aromatic heterocycles. The molecule has 8 nitrogen and oxygen atoms in total. The Morgan fingerprint density at radius 2 is 1.77 bits per heavy atom. The van der Waals surface area contributed by atoms with Gasteiger partial charge in [0.2, 0.25) is 0 Å². The predicted octanol–water partition coefficient (Wildman–Crippen LogP) is 5.70. The number of anilines is 3. The number of nitrogens with zero attached hydrogens (tertiary/aromatic N) is 3. The number of halogens is 3. The second kappa shape index (κ2) is 12.0. The maximum atomic E-state index is 13.7. The Labute approximate surface area is 236 Å². The summed E-state index contributed by atoms with van der Waals surface area (Å²) in [5.74, 6) is 6.40. The molecule has 0 bridgehead atoms. The van der Waals surface area contributed by atoms with Crippen LogP contribution < -0.4 is 27.5 Å². The molecule has 0 radical (unpaired) electrons. The minimum Gasteiger partial charge on any atom is -0.399 e. The van der Waals surface area contributed by atoms with E-state index in [1.807, 2.05) is 36.4 Å². The summed E-state index contributed by atoms with van der Waals surface area (Å²) in [4.78, 5) is 8.75. The van der Waals surface area contributed by atoms with Crippen molar-refractivity contribution < 1.29 is 4.39 Å². The quantitative estimate of drug-likeness (QED) is 0.136. The molecule has 39 heavy (non-hydrogen) atoms. The van der Waals surface area contributed by atoms with Gasteiger partial charge in [0.05, 0.1) is 27.3 Å². The largest absolute Gasteiger partial charge is 0.399 e. The summed E-state index contributed by atoms with van der Waals surface area (Å²) in [6.45, 7) is 1.84. The Morgan fingerprint density at radius 3 is 2.51 bits per heavy atom. The van der Waals surface area contributed by atoms with E-state index in [1.165, 1.54) is 18.5 Å².